The highest BCUT2D eigenvalue weighted by molar-refractivity contribution is 8.15. The lowest BCUT2D eigenvalue weighted by Gasteiger charge is -2.23. The van der Waals surface area contributed by atoms with Gasteiger partial charge in [0.2, 0.25) is 12.7 Å². The highest BCUT2D eigenvalue weighted by atomic mass is 32.2. The van der Waals surface area contributed by atoms with Crippen molar-refractivity contribution in [3.63, 3.8) is 0 Å². The van der Waals surface area contributed by atoms with Gasteiger partial charge in [0.1, 0.15) is 5.70 Å². The topological polar surface area (TPSA) is 71.4 Å². The standard InChI is InChI=1S/C28H25N3O4S/c1-18-9-12-22(13-10-18)31-27(33)23(15-20-11-14-24-25(16-20)35-17-34-24)29-28(31)36-19(2)26(32)30(3)21-7-5-4-6-8-21/h4-16,19H,17H2,1-3H3/b23-15+. The molecule has 1 unspecified atom stereocenters. The fraction of sp³-hybridized carbons (Fsp3) is 0.179. The van der Waals surface area contributed by atoms with Crippen LogP contribution in [0.4, 0.5) is 11.4 Å². The van der Waals surface area contributed by atoms with Crippen LogP contribution < -0.4 is 19.3 Å². The Morgan fingerprint density at radius 2 is 1.78 bits per heavy atom. The van der Waals surface area contributed by atoms with Crippen LogP contribution in [-0.4, -0.2) is 36.1 Å². The number of hydrogen-bond donors (Lipinski definition) is 0. The number of ether oxygens (including phenoxy) is 2. The second kappa shape index (κ2) is 9.91. The second-order valence-corrected chi connectivity index (χ2v) is 9.81. The van der Waals surface area contributed by atoms with Crippen molar-refractivity contribution in [1.29, 1.82) is 0 Å². The summed E-state index contributed by atoms with van der Waals surface area (Å²) in [5.74, 6) is 0.964. The monoisotopic (exact) mass is 499 g/mol. The van der Waals surface area contributed by atoms with Gasteiger partial charge in [-0.3, -0.25) is 14.5 Å². The van der Waals surface area contributed by atoms with Crippen LogP contribution in [0.25, 0.3) is 6.08 Å². The molecule has 0 fully saturated rings. The molecule has 0 spiro atoms. The quantitative estimate of drug-likeness (QED) is 0.449. The molecular weight excluding hydrogens is 474 g/mol. The van der Waals surface area contributed by atoms with Gasteiger partial charge in [-0.25, -0.2) is 4.99 Å². The molecule has 2 amide bonds. The molecule has 0 N–H and O–H groups in total. The predicted molar refractivity (Wildman–Crippen MR) is 144 cm³/mol. The van der Waals surface area contributed by atoms with Gasteiger partial charge in [-0.1, -0.05) is 53.7 Å². The van der Waals surface area contributed by atoms with Crippen molar-refractivity contribution >= 4 is 46.2 Å². The summed E-state index contributed by atoms with van der Waals surface area (Å²) in [7, 11) is 1.75. The summed E-state index contributed by atoms with van der Waals surface area (Å²) in [6.07, 6.45) is 1.72. The molecule has 2 aliphatic rings. The molecule has 0 saturated carbocycles. The third kappa shape index (κ3) is 4.72. The van der Waals surface area contributed by atoms with Gasteiger partial charge in [-0.15, -0.1) is 0 Å². The summed E-state index contributed by atoms with van der Waals surface area (Å²) in [4.78, 5) is 34.6. The molecule has 3 aromatic carbocycles. The molecule has 7 nitrogen and oxygen atoms in total. The van der Waals surface area contributed by atoms with Crippen molar-refractivity contribution in [2.45, 2.75) is 19.1 Å². The highest BCUT2D eigenvalue weighted by Crippen LogP contribution is 2.35. The van der Waals surface area contributed by atoms with Gasteiger partial charge in [0.05, 0.1) is 10.9 Å². The van der Waals surface area contributed by atoms with E-state index >= 15 is 0 Å². The van der Waals surface area contributed by atoms with Crippen LogP contribution >= 0.6 is 11.8 Å². The molecule has 1 atom stereocenters. The van der Waals surface area contributed by atoms with E-state index in [0.29, 0.717) is 22.4 Å². The van der Waals surface area contributed by atoms with Gasteiger partial charge in [-0.2, -0.15) is 0 Å². The van der Waals surface area contributed by atoms with E-state index in [1.165, 1.54) is 11.8 Å². The van der Waals surface area contributed by atoms with E-state index in [0.717, 1.165) is 16.8 Å². The van der Waals surface area contributed by atoms with Gasteiger partial charge in [-0.05, 0) is 61.9 Å². The first kappa shape index (κ1) is 23.7. The number of aryl methyl sites for hydroxylation is 1. The minimum atomic E-state index is -0.473. The number of nitrogens with zero attached hydrogens (tertiary/aromatic N) is 3. The molecule has 5 rings (SSSR count). The lowest BCUT2D eigenvalue weighted by atomic mass is 10.1. The fourth-order valence-electron chi connectivity index (χ4n) is 3.92. The molecule has 182 valence electrons. The van der Waals surface area contributed by atoms with Crippen molar-refractivity contribution in [3.8, 4) is 11.5 Å². The number of hydrogen-bond acceptors (Lipinski definition) is 6. The molecular formula is C28H25N3O4S. The average Bonchev–Trinajstić information content (AvgIpc) is 3.48. The third-order valence-corrected chi connectivity index (χ3v) is 6.97. The maximum absolute atomic E-state index is 13.5. The molecule has 2 aliphatic heterocycles. The first-order chi connectivity index (χ1) is 17.4. The second-order valence-electron chi connectivity index (χ2n) is 8.51. The zero-order valence-corrected chi connectivity index (χ0v) is 21.0. The smallest absolute Gasteiger partial charge is 0.283 e. The molecule has 0 saturated heterocycles. The number of aliphatic imine (C=N–C) groups is 1. The molecule has 8 heteroatoms. The Kier molecular flexibility index (Phi) is 6.52. The number of benzene rings is 3. The number of anilines is 2. The number of fused-ring (bicyclic) bond motifs is 1. The number of amides is 2. The maximum Gasteiger partial charge on any atom is 0.283 e. The van der Waals surface area contributed by atoms with Crippen LogP contribution in [0, 0.1) is 6.92 Å². The fourth-order valence-corrected chi connectivity index (χ4v) is 4.94. The minimum absolute atomic E-state index is 0.0848. The Labute approximate surface area is 214 Å². The van der Waals surface area contributed by atoms with Crippen LogP contribution in [-0.2, 0) is 9.59 Å². The molecule has 0 aliphatic carbocycles. The lowest BCUT2D eigenvalue weighted by molar-refractivity contribution is -0.117. The normalized spacial score (nSPS) is 16.3. The van der Waals surface area contributed by atoms with Gasteiger partial charge >= 0.3 is 0 Å². The number of para-hydroxylation sites is 1. The first-order valence-corrected chi connectivity index (χ1v) is 12.4. The van der Waals surface area contributed by atoms with E-state index in [1.807, 2.05) is 86.6 Å². The van der Waals surface area contributed by atoms with Crippen molar-refractivity contribution in [1.82, 2.24) is 0 Å². The zero-order valence-electron chi connectivity index (χ0n) is 20.2. The molecule has 36 heavy (non-hydrogen) atoms. The van der Waals surface area contributed by atoms with Crippen LogP contribution in [0.3, 0.4) is 0 Å². The predicted octanol–water partition coefficient (Wildman–Crippen LogP) is 5.25. The summed E-state index contributed by atoms with van der Waals surface area (Å²) < 4.78 is 10.8. The van der Waals surface area contributed by atoms with Gasteiger partial charge < -0.3 is 14.4 Å². The first-order valence-electron chi connectivity index (χ1n) is 11.5. The number of carbonyl (C=O) groups excluding carboxylic acids is 2. The summed E-state index contributed by atoms with van der Waals surface area (Å²) in [6.45, 7) is 3.99. The van der Waals surface area contributed by atoms with E-state index in [9.17, 15) is 9.59 Å². The largest absolute Gasteiger partial charge is 0.454 e. The third-order valence-electron chi connectivity index (χ3n) is 5.93. The molecule has 0 radical (unpaired) electrons. The Morgan fingerprint density at radius 3 is 2.53 bits per heavy atom. The Bertz CT molecular complexity index is 1370. The van der Waals surface area contributed by atoms with Crippen LogP contribution in [0.15, 0.2) is 83.5 Å². The van der Waals surface area contributed by atoms with Gasteiger partial charge in [0.15, 0.2) is 16.7 Å². The van der Waals surface area contributed by atoms with Crippen molar-refractivity contribution in [2.75, 3.05) is 23.6 Å². The SMILES string of the molecule is Cc1ccc(N2C(=O)/C(=C\c3ccc4c(c3)OCO4)N=C2SC(C)C(=O)N(C)c2ccccc2)cc1. The summed E-state index contributed by atoms with van der Waals surface area (Å²) >= 11 is 1.26. The van der Waals surface area contributed by atoms with Crippen LogP contribution in [0.5, 0.6) is 11.5 Å². The summed E-state index contributed by atoms with van der Waals surface area (Å²) in [6, 6.07) is 22.6. The highest BCUT2D eigenvalue weighted by Gasteiger charge is 2.35. The van der Waals surface area contributed by atoms with Gasteiger partial charge in [0, 0.05) is 12.7 Å². The maximum atomic E-state index is 13.5. The van der Waals surface area contributed by atoms with Gasteiger partial charge in [0.25, 0.3) is 5.91 Å². The Morgan fingerprint density at radius 1 is 1.06 bits per heavy atom. The molecule has 3 aromatic rings. The van der Waals surface area contributed by atoms with E-state index in [-0.39, 0.29) is 24.3 Å². The number of thioether (sulfide) groups is 1. The van der Waals surface area contributed by atoms with E-state index in [1.54, 1.807) is 22.9 Å². The van der Waals surface area contributed by atoms with Crippen molar-refractivity contribution < 1.29 is 19.1 Å². The molecule has 0 bridgehead atoms. The molecule has 0 aromatic heterocycles. The Hall–Kier alpha value is -4.04. The van der Waals surface area contributed by atoms with E-state index in [4.69, 9.17) is 9.47 Å². The van der Waals surface area contributed by atoms with Crippen molar-refractivity contribution in [2.24, 2.45) is 4.99 Å². The zero-order chi connectivity index (χ0) is 25.2. The summed E-state index contributed by atoms with van der Waals surface area (Å²) in [5, 5.41) is -0.0160. The van der Waals surface area contributed by atoms with E-state index in [2.05, 4.69) is 4.99 Å². The summed E-state index contributed by atoms with van der Waals surface area (Å²) in [5.41, 5.74) is 3.64. The van der Waals surface area contributed by atoms with Crippen molar-refractivity contribution in [3.05, 3.63) is 89.6 Å². The average molecular weight is 500 g/mol. The lowest BCUT2D eigenvalue weighted by Crippen LogP contribution is -2.36. The number of amidine groups is 1. The number of rotatable bonds is 5. The van der Waals surface area contributed by atoms with Crippen LogP contribution in [0.2, 0.25) is 0 Å². The number of carbonyl (C=O) groups is 2. The van der Waals surface area contributed by atoms with E-state index < -0.39 is 5.25 Å². The Balaban J connectivity index is 1.45. The van der Waals surface area contributed by atoms with Crippen LogP contribution in [0.1, 0.15) is 18.1 Å². The molecule has 2 heterocycles. The minimum Gasteiger partial charge on any atom is -0.454 e.